The maximum atomic E-state index is 12.9. The van der Waals surface area contributed by atoms with Gasteiger partial charge in [-0.15, -0.1) is 0 Å². The molecule has 2 aromatic rings. The largest absolute Gasteiger partial charge is 0.363 e. The van der Waals surface area contributed by atoms with E-state index in [1.54, 1.807) is 6.08 Å². The molecule has 160 valence electrons. The Kier molecular flexibility index (Phi) is 5.21. The molecule has 0 saturated carbocycles. The molecule has 31 heavy (non-hydrogen) atoms. The molecular formula is C26H29N3O2. The van der Waals surface area contributed by atoms with Gasteiger partial charge in [0.05, 0.1) is 12.1 Å². The minimum absolute atomic E-state index is 0.0440. The average molecular weight is 416 g/mol. The molecule has 2 heterocycles. The average Bonchev–Trinajstić information content (AvgIpc) is 2.97. The van der Waals surface area contributed by atoms with Crippen molar-refractivity contribution in [2.45, 2.75) is 46.7 Å². The summed E-state index contributed by atoms with van der Waals surface area (Å²) in [6, 6.07) is 13.7. The summed E-state index contributed by atoms with van der Waals surface area (Å²) in [7, 11) is 0. The van der Waals surface area contributed by atoms with Crippen molar-refractivity contribution in [2.75, 3.05) is 11.4 Å². The van der Waals surface area contributed by atoms with Crippen molar-refractivity contribution in [3.63, 3.8) is 0 Å². The number of fused-ring (bicyclic) bond motifs is 1. The number of rotatable bonds is 4. The summed E-state index contributed by atoms with van der Waals surface area (Å²) in [6.45, 7) is 11.9. The highest BCUT2D eigenvalue weighted by atomic mass is 16.2. The lowest BCUT2D eigenvalue weighted by molar-refractivity contribution is -0.123. The van der Waals surface area contributed by atoms with Gasteiger partial charge in [0.1, 0.15) is 5.70 Å². The van der Waals surface area contributed by atoms with Crippen molar-refractivity contribution >= 4 is 29.3 Å². The third-order valence-electron chi connectivity index (χ3n) is 6.05. The van der Waals surface area contributed by atoms with E-state index in [9.17, 15) is 9.59 Å². The van der Waals surface area contributed by atoms with Crippen molar-refractivity contribution < 1.29 is 9.59 Å². The molecule has 2 aliphatic heterocycles. The molecule has 0 atom stereocenters. The van der Waals surface area contributed by atoms with Gasteiger partial charge in [-0.3, -0.25) is 9.69 Å². The van der Waals surface area contributed by atoms with Crippen LogP contribution in [0.4, 0.5) is 10.5 Å². The molecule has 1 saturated heterocycles. The van der Waals surface area contributed by atoms with Gasteiger partial charge >= 0.3 is 6.03 Å². The molecule has 2 aromatic carbocycles. The Morgan fingerprint density at radius 2 is 1.74 bits per heavy atom. The maximum Gasteiger partial charge on any atom is 0.329 e. The summed E-state index contributed by atoms with van der Waals surface area (Å²) in [5, 5.41) is 2.73. The van der Waals surface area contributed by atoms with Crippen LogP contribution >= 0.6 is 0 Å². The predicted octanol–water partition coefficient (Wildman–Crippen LogP) is 5.11. The van der Waals surface area contributed by atoms with Gasteiger partial charge in [0.2, 0.25) is 0 Å². The van der Waals surface area contributed by atoms with Gasteiger partial charge < -0.3 is 10.2 Å². The summed E-state index contributed by atoms with van der Waals surface area (Å²) in [5.41, 5.74) is 6.78. The molecule has 5 heteroatoms. The van der Waals surface area contributed by atoms with Crippen LogP contribution in [0.25, 0.3) is 11.6 Å². The van der Waals surface area contributed by atoms with Gasteiger partial charge in [-0.2, -0.15) is 0 Å². The van der Waals surface area contributed by atoms with Gasteiger partial charge in [0.15, 0.2) is 0 Å². The van der Waals surface area contributed by atoms with Crippen LogP contribution in [0.5, 0.6) is 0 Å². The van der Waals surface area contributed by atoms with Gasteiger partial charge in [-0.1, -0.05) is 42.0 Å². The van der Waals surface area contributed by atoms with Gasteiger partial charge in [-0.05, 0) is 69.5 Å². The number of benzene rings is 2. The SMILES string of the molecule is CCN1c2ccc(/C=C3\NC(=O)N(Cc4ccc(C)cc4)C3=O)cc2C(C)=CC1(C)C. The first kappa shape index (κ1) is 20.9. The smallest absolute Gasteiger partial charge is 0.329 e. The van der Waals surface area contributed by atoms with Crippen LogP contribution in [-0.2, 0) is 11.3 Å². The van der Waals surface area contributed by atoms with E-state index < -0.39 is 0 Å². The van der Waals surface area contributed by atoms with Crippen LogP contribution in [0.2, 0.25) is 0 Å². The van der Waals surface area contributed by atoms with Crippen LogP contribution in [0.15, 0.2) is 54.2 Å². The molecule has 4 rings (SSSR count). The number of anilines is 1. The lowest BCUT2D eigenvalue weighted by atomic mass is 9.88. The maximum absolute atomic E-state index is 12.9. The highest BCUT2D eigenvalue weighted by molar-refractivity contribution is 6.14. The Labute approximate surface area is 184 Å². The van der Waals surface area contributed by atoms with Gasteiger partial charge in [-0.25, -0.2) is 4.79 Å². The number of hydrogen-bond acceptors (Lipinski definition) is 3. The van der Waals surface area contributed by atoms with Crippen molar-refractivity contribution in [1.82, 2.24) is 10.2 Å². The molecule has 1 fully saturated rings. The Balaban J connectivity index is 1.61. The minimum atomic E-state index is -0.384. The first-order chi connectivity index (χ1) is 14.7. The number of carbonyl (C=O) groups excluding carboxylic acids is 2. The first-order valence-corrected chi connectivity index (χ1v) is 10.7. The molecule has 3 amide bonds. The minimum Gasteiger partial charge on any atom is -0.363 e. The number of carbonyl (C=O) groups is 2. The normalized spacial score (nSPS) is 18.9. The number of hydrogen-bond donors (Lipinski definition) is 1. The van der Waals surface area contributed by atoms with Crippen molar-refractivity contribution in [2.24, 2.45) is 0 Å². The van der Waals surface area contributed by atoms with Crippen LogP contribution in [0, 0.1) is 6.92 Å². The zero-order valence-electron chi connectivity index (χ0n) is 18.8. The van der Waals surface area contributed by atoms with Gasteiger partial charge in [0, 0.05) is 17.8 Å². The summed E-state index contributed by atoms with van der Waals surface area (Å²) in [5.74, 6) is -0.299. The van der Waals surface area contributed by atoms with E-state index >= 15 is 0 Å². The van der Waals surface area contributed by atoms with E-state index in [0.29, 0.717) is 5.70 Å². The lowest BCUT2D eigenvalue weighted by Gasteiger charge is -2.42. The molecule has 0 radical (unpaired) electrons. The van der Waals surface area contributed by atoms with E-state index in [2.05, 4.69) is 56.1 Å². The highest BCUT2D eigenvalue weighted by Crippen LogP contribution is 2.39. The monoisotopic (exact) mass is 415 g/mol. The highest BCUT2D eigenvalue weighted by Gasteiger charge is 2.34. The summed E-state index contributed by atoms with van der Waals surface area (Å²) >= 11 is 0. The van der Waals surface area contributed by atoms with Crippen molar-refractivity contribution in [3.05, 3.63) is 76.5 Å². The lowest BCUT2D eigenvalue weighted by Crippen LogP contribution is -2.44. The van der Waals surface area contributed by atoms with E-state index in [1.165, 1.54) is 16.2 Å². The molecule has 0 bridgehead atoms. The predicted molar refractivity (Wildman–Crippen MR) is 125 cm³/mol. The molecule has 0 spiro atoms. The zero-order chi connectivity index (χ0) is 22.3. The molecular weight excluding hydrogens is 386 g/mol. The van der Waals surface area contributed by atoms with E-state index in [-0.39, 0.29) is 24.0 Å². The number of aryl methyl sites for hydroxylation is 1. The van der Waals surface area contributed by atoms with Crippen LogP contribution < -0.4 is 10.2 Å². The number of allylic oxidation sites excluding steroid dienone is 1. The topological polar surface area (TPSA) is 52.7 Å². The van der Waals surface area contributed by atoms with Crippen molar-refractivity contribution in [3.8, 4) is 0 Å². The molecule has 0 aliphatic carbocycles. The standard InChI is InChI=1S/C26H29N3O2/c1-6-29-23-12-11-20(13-21(23)18(3)15-26(29,4)5)14-22-24(30)28(25(31)27-22)16-19-9-7-17(2)8-10-19/h7-15H,6,16H2,1-5H3,(H,27,31)/b22-14-. The Hall–Kier alpha value is -3.34. The third-order valence-corrected chi connectivity index (χ3v) is 6.05. The van der Waals surface area contributed by atoms with E-state index in [1.807, 2.05) is 37.3 Å². The third kappa shape index (κ3) is 3.88. The fourth-order valence-corrected chi connectivity index (χ4v) is 4.53. The second-order valence-electron chi connectivity index (χ2n) is 8.87. The van der Waals surface area contributed by atoms with Crippen LogP contribution in [0.1, 0.15) is 49.9 Å². The second-order valence-corrected chi connectivity index (χ2v) is 8.87. The summed E-state index contributed by atoms with van der Waals surface area (Å²) in [4.78, 5) is 28.9. The number of imide groups is 1. The number of amides is 3. The second kappa shape index (κ2) is 7.73. The quantitative estimate of drug-likeness (QED) is 0.558. The van der Waals surface area contributed by atoms with Crippen LogP contribution in [-0.4, -0.2) is 28.9 Å². The Bertz CT molecular complexity index is 1110. The van der Waals surface area contributed by atoms with Crippen LogP contribution in [0.3, 0.4) is 0 Å². The molecule has 0 unspecified atom stereocenters. The number of nitrogens with zero attached hydrogens (tertiary/aromatic N) is 2. The summed E-state index contributed by atoms with van der Waals surface area (Å²) < 4.78 is 0. The zero-order valence-corrected chi connectivity index (χ0v) is 18.8. The molecule has 1 N–H and O–H groups in total. The fraction of sp³-hybridized carbons (Fsp3) is 0.308. The number of likely N-dealkylation sites (N-methyl/N-ethyl adjacent to an activating group) is 1. The summed E-state index contributed by atoms with van der Waals surface area (Å²) in [6.07, 6.45) is 4.04. The number of nitrogens with one attached hydrogen (secondary N) is 1. The van der Waals surface area contributed by atoms with Gasteiger partial charge in [0.25, 0.3) is 5.91 Å². The number of urea groups is 1. The molecule has 5 nitrogen and oxygen atoms in total. The van der Waals surface area contributed by atoms with E-state index in [4.69, 9.17) is 0 Å². The molecule has 0 aromatic heterocycles. The van der Waals surface area contributed by atoms with E-state index in [0.717, 1.165) is 28.8 Å². The Morgan fingerprint density at radius 1 is 1.03 bits per heavy atom. The fourth-order valence-electron chi connectivity index (χ4n) is 4.53. The molecule has 2 aliphatic rings. The Morgan fingerprint density at radius 3 is 2.42 bits per heavy atom. The first-order valence-electron chi connectivity index (χ1n) is 10.7. The van der Waals surface area contributed by atoms with Crippen molar-refractivity contribution in [1.29, 1.82) is 0 Å².